The zero-order valence-electron chi connectivity index (χ0n) is 18.4. The van der Waals surface area contributed by atoms with Crippen LogP contribution in [0.15, 0.2) is 46.7 Å². The van der Waals surface area contributed by atoms with Crippen LogP contribution in [-0.4, -0.2) is 65.2 Å². The van der Waals surface area contributed by atoms with Crippen molar-refractivity contribution in [2.75, 3.05) is 52.4 Å². The molecule has 0 saturated carbocycles. The molecule has 33 heavy (non-hydrogen) atoms. The molecule has 0 atom stereocenters. The molecule has 8 nitrogen and oxygen atoms in total. The Morgan fingerprint density at radius 2 is 1.61 bits per heavy atom. The first-order chi connectivity index (χ1) is 15.9. The second kappa shape index (κ2) is 9.76. The lowest BCUT2D eigenvalue weighted by atomic mass is 10.1. The first-order valence-electron chi connectivity index (χ1n) is 10.1. The van der Waals surface area contributed by atoms with Gasteiger partial charge in [-0.25, -0.2) is 13.4 Å². The fourth-order valence-corrected chi connectivity index (χ4v) is 6.49. The summed E-state index contributed by atoms with van der Waals surface area (Å²) in [5.41, 5.74) is 1.62. The number of sulfonamides is 1. The number of thiazole rings is 1. The molecule has 1 fully saturated rings. The van der Waals surface area contributed by atoms with Crippen LogP contribution in [0, 0.1) is 0 Å². The number of anilines is 1. The van der Waals surface area contributed by atoms with Gasteiger partial charge in [0.25, 0.3) is 0 Å². The average molecular weight is 510 g/mol. The van der Waals surface area contributed by atoms with Gasteiger partial charge < -0.3 is 19.1 Å². The molecular formula is C22H24ClN3O5S2. The highest BCUT2D eigenvalue weighted by Gasteiger charge is 2.30. The van der Waals surface area contributed by atoms with Crippen molar-refractivity contribution in [3.63, 3.8) is 0 Å². The number of rotatable bonds is 7. The van der Waals surface area contributed by atoms with Crippen molar-refractivity contribution in [3.8, 4) is 28.5 Å². The number of methoxy groups -OCH3 is 3. The normalized spacial score (nSPS) is 14.8. The number of hydrogen-bond donors (Lipinski definition) is 0. The topological polar surface area (TPSA) is 81.2 Å². The van der Waals surface area contributed by atoms with Gasteiger partial charge in [0.1, 0.15) is 4.90 Å². The summed E-state index contributed by atoms with van der Waals surface area (Å²) in [6.07, 6.45) is 0. The first kappa shape index (κ1) is 23.6. The van der Waals surface area contributed by atoms with Crippen LogP contribution in [0.2, 0.25) is 5.02 Å². The van der Waals surface area contributed by atoms with E-state index < -0.39 is 10.0 Å². The number of piperazine rings is 1. The van der Waals surface area contributed by atoms with Crippen LogP contribution < -0.4 is 19.1 Å². The molecule has 11 heteroatoms. The highest BCUT2D eigenvalue weighted by atomic mass is 35.5. The van der Waals surface area contributed by atoms with Crippen molar-refractivity contribution in [2.45, 2.75) is 4.90 Å². The molecule has 0 spiro atoms. The Bertz CT molecular complexity index is 1220. The molecule has 2 heterocycles. The van der Waals surface area contributed by atoms with E-state index in [1.165, 1.54) is 21.7 Å². The van der Waals surface area contributed by atoms with Crippen LogP contribution in [-0.2, 0) is 10.0 Å². The number of hydrogen-bond acceptors (Lipinski definition) is 8. The van der Waals surface area contributed by atoms with E-state index in [2.05, 4.69) is 4.90 Å². The van der Waals surface area contributed by atoms with Crippen molar-refractivity contribution in [1.82, 2.24) is 9.29 Å². The van der Waals surface area contributed by atoms with Crippen molar-refractivity contribution >= 4 is 38.1 Å². The molecular weight excluding hydrogens is 486 g/mol. The van der Waals surface area contributed by atoms with E-state index in [4.69, 9.17) is 30.8 Å². The summed E-state index contributed by atoms with van der Waals surface area (Å²) in [5.74, 6) is 1.63. The highest BCUT2D eigenvalue weighted by molar-refractivity contribution is 7.89. The highest BCUT2D eigenvalue weighted by Crippen LogP contribution is 2.42. The number of aromatic nitrogens is 1. The second-order valence-corrected chi connectivity index (χ2v) is 10.4. The molecule has 176 valence electrons. The number of benzene rings is 2. The number of ether oxygens (including phenoxy) is 3. The minimum Gasteiger partial charge on any atom is -0.493 e. The Kier molecular flexibility index (Phi) is 6.99. The van der Waals surface area contributed by atoms with Gasteiger partial charge in [-0.2, -0.15) is 4.31 Å². The molecule has 0 N–H and O–H groups in total. The second-order valence-electron chi connectivity index (χ2n) is 7.25. The molecule has 0 amide bonds. The fraction of sp³-hybridized carbons (Fsp3) is 0.318. The summed E-state index contributed by atoms with van der Waals surface area (Å²) in [7, 11) is 1.07. The Balaban J connectivity index is 1.51. The summed E-state index contributed by atoms with van der Waals surface area (Å²) in [4.78, 5) is 7.00. The number of nitrogens with zero attached hydrogens (tertiary/aromatic N) is 3. The average Bonchev–Trinajstić information content (AvgIpc) is 3.33. The van der Waals surface area contributed by atoms with Gasteiger partial charge in [0.2, 0.25) is 15.8 Å². The van der Waals surface area contributed by atoms with Crippen LogP contribution in [0.4, 0.5) is 5.13 Å². The third kappa shape index (κ3) is 4.61. The van der Waals surface area contributed by atoms with Crippen LogP contribution >= 0.6 is 22.9 Å². The summed E-state index contributed by atoms with van der Waals surface area (Å²) in [5, 5.41) is 3.02. The Labute approximate surface area is 202 Å². The fourth-order valence-electron chi connectivity index (χ4n) is 3.68. The molecule has 0 bridgehead atoms. The van der Waals surface area contributed by atoms with Gasteiger partial charge in [0.05, 0.1) is 32.0 Å². The summed E-state index contributed by atoms with van der Waals surface area (Å²) in [6.45, 7) is 1.77. The Hall–Kier alpha value is -2.53. The van der Waals surface area contributed by atoms with Crippen molar-refractivity contribution in [3.05, 3.63) is 46.8 Å². The maximum atomic E-state index is 13.0. The Morgan fingerprint density at radius 3 is 2.18 bits per heavy atom. The van der Waals surface area contributed by atoms with Crippen molar-refractivity contribution in [1.29, 1.82) is 0 Å². The SMILES string of the molecule is COc1cc(-c2csc(N3CCN(S(=O)(=O)c4ccccc4Cl)CC3)n2)cc(OC)c1OC. The van der Waals surface area contributed by atoms with Gasteiger partial charge in [-0.3, -0.25) is 0 Å². The van der Waals surface area contributed by atoms with Crippen LogP contribution in [0.3, 0.4) is 0 Å². The molecule has 0 aliphatic carbocycles. The first-order valence-corrected chi connectivity index (χ1v) is 12.8. The maximum Gasteiger partial charge on any atom is 0.244 e. The summed E-state index contributed by atoms with van der Waals surface area (Å²) >= 11 is 7.63. The van der Waals surface area contributed by atoms with E-state index in [1.54, 1.807) is 39.5 Å². The molecule has 1 aliphatic heterocycles. The van der Waals surface area contributed by atoms with Crippen molar-refractivity contribution < 1.29 is 22.6 Å². The van der Waals surface area contributed by atoms with Gasteiger partial charge in [0.15, 0.2) is 16.6 Å². The van der Waals surface area contributed by atoms with Gasteiger partial charge in [0, 0.05) is 37.1 Å². The maximum absolute atomic E-state index is 13.0. The van der Waals surface area contributed by atoms with E-state index in [1.807, 2.05) is 17.5 Å². The molecule has 1 aromatic heterocycles. The zero-order valence-corrected chi connectivity index (χ0v) is 20.8. The predicted molar refractivity (Wildman–Crippen MR) is 130 cm³/mol. The van der Waals surface area contributed by atoms with Gasteiger partial charge >= 0.3 is 0 Å². The molecule has 0 radical (unpaired) electrons. The molecule has 2 aromatic carbocycles. The quantitative estimate of drug-likeness (QED) is 0.476. The smallest absolute Gasteiger partial charge is 0.244 e. The third-order valence-corrected chi connectivity index (χ3v) is 8.72. The van der Waals surface area contributed by atoms with E-state index in [9.17, 15) is 8.42 Å². The van der Waals surface area contributed by atoms with Crippen LogP contribution in [0.5, 0.6) is 17.2 Å². The van der Waals surface area contributed by atoms with Crippen molar-refractivity contribution in [2.24, 2.45) is 0 Å². The minimum atomic E-state index is -3.64. The van der Waals surface area contributed by atoms with E-state index in [-0.39, 0.29) is 9.92 Å². The summed E-state index contributed by atoms with van der Waals surface area (Å²) in [6, 6.07) is 10.2. The predicted octanol–water partition coefficient (Wildman–Crippen LogP) is 4.00. The van der Waals surface area contributed by atoms with E-state index >= 15 is 0 Å². The lowest BCUT2D eigenvalue weighted by molar-refractivity contribution is 0.324. The van der Waals surface area contributed by atoms with Crippen LogP contribution in [0.1, 0.15) is 0 Å². The largest absolute Gasteiger partial charge is 0.493 e. The van der Waals surface area contributed by atoms with Gasteiger partial charge in [-0.15, -0.1) is 11.3 Å². The zero-order chi connectivity index (χ0) is 23.6. The lowest BCUT2D eigenvalue weighted by Crippen LogP contribution is -2.48. The lowest BCUT2D eigenvalue weighted by Gasteiger charge is -2.33. The van der Waals surface area contributed by atoms with E-state index in [0.29, 0.717) is 43.4 Å². The van der Waals surface area contributed by atoms with Gasteiger partial charge in [-0.05, 0) is 24.3 Å². The monoisotopic (exact) mass is 509 g/mol. The third-order valence-electron chi connectivity index (χ3n) is 5.42. The molecule has 1 aliphatic rings. The van der Waals surface area contributed by atoms with E-state index in [0.717, 1.165) is 16.4 Å². The van der Waals surface area contributed by atoms with Gasteiger partial charge in [-0.1, -0.05) is 23.7 Å². The summed E-state index contributed by atoms with van der Waals surface area (Å²) < 4.78 is 43.7. The molecule has 0 unspecified atom stereocenters. The molecule has 1 saturated heterocycles. The Morgan fingerprint density at radius 1 is 0.970 bits per heavy atom. The van der Waals surface area contributed by atoms with Crippen LogP contribution in [0.25, 0.3) is 11.3 Å². The molecule has 3 aromatic rings. The molecule has 4 rings (SSSR count). The number of halogens is 1. The minimum absolute atomic E-state index is 0.138. The standard InChI is InChI=1S/C22H24ClN3O5S2/c1-29-18-12-15(13-19(30-2)21(18)31-3)17-14-32-22(24-17)25-8-10-26(11-9-25)33(27,28)20-7-5-4-6-16(20)23/h4-7,12-14H,8-11H2,1-3H3.